The molecular formula is C29H36N2O5S. The van der Waals surface area contributed by atoms with E-state index in [9.17, 15) is 18.0 Å². The smallest absolute Gasteiger partial charge is 0.410 e. The second-order valence-electron chi connectivity index (χ2n) is 10.6. The van der Waals surface area contributed by atoms with Gasteiger partial charge in [0.15, 0.2) is 9.84 Å². The van der Waals surface area contributed by atoms with Crippen molar-refractivity contribution in [2.45, 2.75) is 62.7 Å². The molecule has 0 aromatic heterocycles. The largest absolute Gasteiger partial charge is 0.444 e. The van der Waals surface area contributed by atoms with E-state index in [1.165, 1.54) is 0 Å². The Bertz CT molecular complexity index is 1310. The van der Waals surface area contributed by atoms with E-state index in [4.69, 9.17) is 4.74 Å². The van der Waals surface area contributed by atoms with E-state index in [0.717, 1.165) is 11.1 Å². The second-order valence-corrected chi connectivity index (χ2v) is 12.9. The number of fused-ring (bicyclic) bond motifs is 1. The highest BCUT2D eigenvalue weighted by Crippen LogP contribution is 2.46. The molecule has 37 heavy (non-hydrogen) atoms. The summed E-state index contributed by atoms with van der Waals surface area (Å²) < 4.78 is 32.2. The Hall–Kier alpha value is -3.13. The van der Waals surface area contributed by atoms with Gasteiger partial charge in [-0.05, 0) is 76.8 Å². The number of hydrogen-bond acceptors (Lipinski definition) is 5. The third kappa shape index (κ3) is 5.04. The highest BCUT2D eigenvalue weighted by molar-refractivity contribution is 7.93. The number of ether oxygens (including phenoxy) is 1. The van der Waals surface area contributed by atoms with E-state index >= 15 is 0 Å². The van der Waals surface area contributed by atoms with E-state index in [-0.39, 0.29) is 31.8 Å². The maximum atomic E-state index is 13.9. The van der Waals surface area contributed by atoms with Gasteiger partial charge < -0.3 is 14.5 Å². The Morgan fingerprint density at radius 2 is 1.57 bits per heavy atom. The Morgan fingerprint density at radius 3 is 2.14 bits per heavy atom. The van der Waals surface area contributed by atoms with Gasteiger partial charge in [0.2, 0.25) is 0 Å². The van der Waals surface area contributed by atoms with Gasteiger partial charge in [-0.1, -0.05) is 36.4 Å². The van der Waals surface area contributed by atoms with Gasteiger partial charge >= 0.3 is 6.09 Å². The monoisotopic (exact) mass is 524 g/mol. The van der Waals surface area contributed by atoms with Crippen LogP contribution in [0.15, 0.2) is 59.5 Å². The van der Waals surface area contributed by atoms with Crippen molar-refractivity contribution < 1.29 is 22.7 Å². The first-order valence-electron chi connectivity index (χ1n) is 12.9. The van der Waals surface area contributed by atoms with Crippen LogP contribution in [0, 0.1) is 0 Å². The number of amides is 2. The molecular weight excluding hydrogens is 488 g/mol. The van der Waals surface area contributed by atoms with Crippen LogP contribution in [0.2, 0.25) is 0 Å². The molecule has 1 saturated heterocycles. The Labute approximate surface area is 220 Å². The normalized spacial score (nSPS) is 18.1. The molecule has 0 radical (unpaired) electrons. The third-order valence-corrected chi connectivity index (χ3v) is 9.70. The molecule has 7 nitrogen and oxygen atoms in total. The summed E-state index contributed by atoms with van der Waals surface area (Å²) in [6.45, 7) is 11.2. The van der Waals surface area contributed by atoms with Crippen LogP contribution in [0.4, 0.5) is 4.79 Å². The predicted molar refractivity (Wildman–Crippen MR) is 144 cm³/mol. The van der Waals surface area contributed by atoms with Crippen molar-refractivity contribution in [2.75, 3.05) is 26.2 Å². The summed E-state index contributed by atoms with van der Waals surface area (Å²) in [4.78, 5) is 29.1. The molecule has 2 aromatic rings. The van der Waals surface area contributed by atoms with E-state index in [1.54, 1.807) is 34.1 Å². The Balaban J connectivity index is 1.70. The zero-order valence-corrected chi connectivity index (χ0v) is 23.1. The molecule has 4 rings (SSSR count). The molecule has 0 aliphatic carbocycles. The number of benzene rings is 2. The van der Waals surface area contributed by atoms with Gasteiger partial charge in [-0.25, -0.2) is 13.2 Å². The molecule has 0 N–H and O–H groups in total. The van der Waals surface area contributed by atoms with Gasteiger partial charge in [-0.15, -0.1) is 0 Å². The molecule has 2 aliphatic heterocycles. The molecule has 0 unspecified atom stereocenters. The maximum Gasteiger partial charge on any atom is 0.410 e. The summed E-state index contributed by atoms with van der Waals surface area (Å²) in [6.07, 6.45) is 2.02. The van der Waals surface area contributed by atoms with E-state index in [0.29, 0.717) is 29.1 Å². The van der Waals surface area contributed by atoms with E-state index in [2.05, 4.69) is 0 Å². The summed E-state index contributed by atoms with van der Waals surface area (Å²) >= 11 is 0. The van der Waals surface area contributed by atoms with Gasteiger partial charge in [0.05, 0.1) is 9.64 Å². The number of likely N-dealkylation sites (tertiary alicyclic amines) is 1. The highest BCUT2D eigenvalue weighted by Gasteiger charge is 2.49. The molecule has 0 bridgehead atoms. The first kappa shape index (κ1) is 26.9. The summed E-state index contributed by atoms with van der Waals surface area (Å²) in [5.41, 5.74) is 2.33. The van der Waals surface area contributed by atoms with Crippen molar-refractivity contribution in [1.29, 1.82) is 0 Å². The minimum atomic E-state index is -3.69. The molecule has 0 saturated carbocycles. The number of rotatable bonds is 4. The van der Waals surface area contributed by atoms with Gasteiger partial charge in [0.1, 0.15) is 5.60 Å². The number of nitrogens with zero attached hydrogens (tertiary/aromatic N) is 2. The lowest BCUT2D eigenvalue weighted by molar-refractivity contribution is 0.0204. The standard InChI is InChI=1S/C29H36N2O5S/c1-6-30(7-2)26(32)22-14-12-21(13-15-22)24-20-29(37(34,35)25-11-9-8-10-23(24)25)16-18-31(19-17-29)27(33)36-28(3,4)5/h8-15,20H,6-7,16-19H2,1-5H3. The lowest BCUT2D eigenvalue weighted by atomic mass is 9.87. The number of piperidine rings is 1. The van der Waals surface area contributed by atoms with Crippen molar-refractivity contribution >= 4 is 27.4 Å². The van der Waals surface area contributed by atoms with Crippen molar-refractivity contribution in [2.24, 2.45) is 0 Å². The lowest BCUT2D eigenvalue weighted by Gasteiger charge is -2.42. The quantitative estimate of drug-likeness (QED) is 0.552. The Morgan fingerprint density at radius 1 is 0.973 bits per heavy atom. The summed E-state index contributed by atoms with van der Waals surface area (Å²) in [5.74, 6) is -0.0249. The average molecular weight is 525 g/mol. The van der Waals surface area contributed by atoms with Crippen LogP contribution in [0.25, 0.3) is 5.57 Å². The number of hydrogen-bond donors (Lipinski definition) is 0. The summed E-state index contributed by atoms with van der Waals surface area (Å²) in [7, 11) is -3.69. The fourth-order valence-corrected chi connectivity index (χ4v) is 7.25. The molecule has 8 heteroatoms. The number of carbonyl (C=O) groups excluding carboxylic acids is 2. The predicted octanol–water partition coefficient (Wildman–Crippen LogP) is 5.16. The first-order valence-corrected chi connectivity index (χ1v) is 14.4. The number of sulfone groups is 1. The molecule has 1 fully saturated rings. The van der Waals surface area contributed by atoms with Crippen LogP contribution < -0.4 is 0 Å². The average Bonchev–Trinajstić information content (AvgIpc) is 2.87. The minimum Gasteiger partial charge on any atom is -0.444 e. The topological polar surface area (TPSA) is 84.0 Å². The van der Waals surface area contributed by atoms with Crippen LogP contribution in [-0.2, 0) is 14.6 Å². The fraction of sp³-hybridized carbons (Fsp3) is 0.448. The first-order chi connectivity index (χ1) is 17.4. The molecule has 1 spiro atoms. The second kappa shape index (κ2) is 9.97. The molecule has 2 aliphatic rings. The molecule has 2 heterocycles. The van der Waals surface area contributed by atoms with Gasteiger partial charge in [-0.3, -0.25) is 4.79 Å². The van der Waals surface area contributed by atoms with E-state index in [1.807, 2.05) is 65.0 Å². The lowest BCUT2D eigenvalue weighted by Crippen LogP contribution is -2.51. The number of carbonyl (C=O) groups is 2. The van der Waals surface area contributed by atoms with Crippen molar-refractivity contribution in [1.82, 2.24) is 9.80 Å². The van der Waals surface area contributed by atoms with Crippen LogP contribution in [0.1, 0.15) is 68.9 Å². The van der Waals surface area contributed by atoms with Crippen molar-refractivity contribution in [3.8, 4) is 0 Å². The summed E-state index contributed by atoms with van der Waals surface area (Å²) in [6, 6.07) is 14.5. The van der Waals surface area contributed by atoms with Gasteiger partial charge in [0, 0.05) is 37.3 Å². The zero-order chi connectivity index (χ0) is 27.0. The highest BCUT2D eigenvalue weighted by atomic mass is 32.2. The molecule has 2 amide bonds. The van der Waals surface area contributed by atoms with Crippen molar-refractivity contribution in [3.05, 3.63) is 71.3 Å². The van der Waals surface area contributed by atoms with Crippen molar-refractivity contribution in [3.63, 3.8) is 0 Å². The Kier molecular flexibility index (Phi) is 7.25. The van der Waals surface area contributed by atoms with Crippen LogP contribution in [0.3, 0.4) is 0 Å². The van der Waals surface area contributed by atoms with Gasteiger partial charge in [0.25, 0.3) is 5.91 Å². The van der Waals surface area contributed by atoms with Gasteiger partial charge in [-0.2, -0.15) is 0 Å². The van der Waals surface area contributed by atoms with E-state index < -0.39 is 26.3 Å². The van der Waals surface area contributed by atoms with Crippen LogP contribution >= 0.6 is 0 Å². The summed E-state index contributed by atoms with van der Waals surface area (Å²) in [5, 5.41) is 0. The molecule has 198 valence electrons. The molecule has 0 atom stereocenters. The van der Waals surface area contributed by atoms with Crippen LogP contribution in [0.5, 0.6) is 0 Å². The fourth-order valence-electron chi connectivity index (χ4n) is 5.09. The van der Waals surface area contributed by atoms with Crippen LogP contribution in [-0.4, -0.2) is 66.7 Å². The maximum absolute atomic E-state index is 13.9. The molecule has 2 aromatic carbocycles. The minimum absolute atomic E-state index is 0.0249. The third-order valence-electron chi connectivity index (χ3n) is 7.16. The SMILES string of the molecule is CCN(CC)C(=O)c1ccc(C2=CC3(CCN(C(=O)OC(C)(C)C)CC3)S(=O)(=O)c3ccccc32)cc1. The zero-order valence-electron chi connectivity index (χ0n) is 22.3.